The van der Waals surface area contributed by atoms with E-state index in [0.29, 0.717) is 55.4 Å². The molecule has 3 heterocycles. The van der Waals surface area contributed by atoms with Crippen molar-refractivity contribution in [3.63, 3.8) is 0 Å². The average Bonchev–Trinajstić information content (AvgIpc) is 3.97. The molecular weight excluding hydrogens is 951 g/mol. The van der Waals surface area contributed by atoms with Crippen LogP contribution in [0.4, 0.5) is 11.4 Å². The van der Waals surface area contributed by atoms with E-state index in [1.165, 1.54) is 46.2 Å². The number of hydrogen-bond donors (Lipinski definition) is 4. The Labute approximate surface area is 393 Å². The third-order valence-corrected chi connectivity index (χ3v) is 13.1. The lowest BCUT2D eigenvalue weighted by molar-refractivity contribution is -0.139. The number of halogens is 2. The second kappa shape index (κ2) is 19.8. The Morgan fingerprint density at radius 2 is 1.24 bits per heavy atom. The van der Waals surface area contributed by atoms with Gasteiger partial charge in [-0.25, -0.2) is 9.13 Å². The van der Waals surface area contributed by atoms with Gasteiger partial charge in [-0.2, -0.15) is 0 Å². The molecule has 67 heavy (non-hydrogen) atoms. The predicted molar refractivity (Wildman–Crippen MR) is 249 cm³/mol. The van der Waals surface area contributed by atoms with E-state index in [1.54, 1.807) is 54.6 Å². The number of nitrogens with zero attached hydrogens (tertiary/aromatic N) is 3. The number of fused-ring (bicyclic) bond motifs is 6. The molecule has 0 unspecified atom stereocenters. The van der Waals surface area contributed by atoms with Gasteiger partial charge in [0.2, 0.25) is 11.8 Å². The summed E-state index contributed by atoms with van der Waals surface area (Å²) >= 11 is 12.8. The van der Waals surface area contributed by atoms with E-state index >= 15 is 0 Å². The number of ether oxygens (including phenoxy) is 2. The van der Waals surface area contributed by atoms with Crippen molar-refractivity contribution in [1.29, 1.82) is 0 Å². The van der Waals surface area contributed by atoms with Crippen molar-refractivity contribution in [1.82, 2.24) is 4.90 Å². The number of imide groups is 1. The number of alkyl halides is 2. The van der Waals surface area contributed by atoms with E-state index in [2.05, 4.69) is 12.1 Å². The van der Waals surface area contributed by atoms with Gasteiger partial charge in [0, 0.05) is 102 Å². The Balaban J connectivity index is 1.05. The first-order valence-electron chi connectivity index (χ1n) is 20.8. The van der Waals surface area contributed by atoms with Crippen LogP contribution in [0, 0.1) is 12.1 Å². The van der Waals surface area contributed by atoms with Crippen LogP contribution in [0.3, 0.4) is 0 Å². The second-order valence-electron chi connectivity index (χ2n) is 15.7. The lowest BCUT2D eigenvalue weighted by atomic mass is 9.95. The quantitative estimate of drug-likeness (QED) is 0.0246. The molecule has 1 saturated heterocycles. The molecule has 0 aliphatic carbocycles. The monoisotopic (exact) mass is 991 g/mol. The highest BCUT2D eigenvalue weighted by atomic mass is 35.5. The Bertz CT molecular complexity index is 2940. The zero-order valence-electron chi connectivity index (χ0n) is 35.2. The van der Waals surface area contributed by atoms with Gasteiger partial charge < -0.3 is 28.3 Å². The lowest BCUT2D eigenvalue weighted by Crippen LogP contribution is -2.32. The number of phosphoric ester groups is 2. The minimum atomic E-state index is -4.99. The molecule has 0 bridgehead atoms. The molecule has 4 amide bonds. The predicted octanol–water partition coefficient (Wildman–Crippen LogP) is 6.85. The molecule has 348 valence electrons. The third-order valence-electron chi connectivity index (χ3n) is 11.4. The molecular formula is C46H41Cl2N3O14P2. The van der Waals surface area contributed by atoms with E-state index in [9.17, 15) is 47.9 Å². The molecule has 0 radical (unpaired) electrons. The molecule has 3 aliphatic heterocycles. The van der Waals surface area contributed by atoms with Crippen LogP contribution in [0.1, 0.15) is 46.9 Å². The molecule has 2 atom stereocenters. The van der Waals surface area contributed by atoms with Crippen LogP contribution >= 0.6 is 38.8 Å². The largest absolute Gasteiger partial charge is 0.524 e. The fourth-order valence-corrected chi connectivity index (χ4v) is 9.86. The number of phosphoric acid groups is 2. The molecule has 0 spiro atoms. The smallest absolute Gasteiger partial charge is 0.491 e. The van der Waals surface area contributed by atoms with Crippen LogP contribution < -0.4 is 23.6 Å². The summed E-state index contributed by atoms with van der Waals surface area (Å²) in [4.78, 5) is 94.7. The summed E-state index contributed by atoms with van der Waals surface area (Å²) < 4.78 is 45.8. The Kier molecular flexibility index (Phi) is 14.1. The van der Waals surface area contributed by atoms with Gasteiger partial charge in [0.15, 0.2) is 0 Å². The van der Waals surface area contributed by atoms with Gasteiger partial charge in [-0.3, -0.25) is 43.7 Å². The van der Waals surface area contributed by atoms with E-state index in [4.69, 9.17) is 41.7 Å². The van der Waals surface area contributed by atoms with Gasteiger partial charge in [0.1, 0.15) is 23.9 Å². The molecule has 21 heteroatoms. The van der Waals surface area contributed by atoms with Crippen LogP contribution in [-0.2, 0) is 33.0 Å². The molecule has 0 aromatic heterocycles. The fraction of sp³-hybridized carbons (Fsp3) is 0.261. The van der Waals surface area contributed by atoms with Gasteiger partial charge in [0.25, 0.3) is 11.8 Å². The number of rotatable bonds is 17. The highest BCUT2D eigenvalue weighted by Crippen LogP contribution is 2.50. The maximum Gasteiger partial charge on any atom is 0.524 e. The summed E-state index contributed by atoms with van der Waals surface area (Å²) in [5.74, 6) is -1.73. The highest BCUT2D eigenvalue weighted by molar-refractivity contribution is 7.47. The number of likely N-dealkylation sites (tertiary alicyclic amines) is 1. The van der Waals surface area contributed by atoms with Crippen molar-refractivity contribution in [3.8, 4) is 17.2 Å². The summed E-state index contributed by atoms with van der Waals surface area (Å²) in [7, 11) is -9.97. The van der Waals surface area contributed by atoms with Crippen LogP contribution in [0.25, 0.3) is 33.7 Å². The zero-order chi connectivity index (χ0) is 47.6. The zero-order valence-corrected chi connectivity index (χ0v) is 38.6. The molecule has 3 aliphatic rings. The molecule has 4 N–H and O–H groups in total. The van der Waals surface area contributed by atoms with Crippen molar-refractivity contribution in [2.45, 2.75) is 24.7 Å². The van der Waals surface area contributed by atoms with E-state index in [0.717, 1.165) is 10.5 Å². The number of amides is 4. The van der Waals surface area contributed by atoms with Crippen molar-refractivity contribution >= 4 is 108 Å². The van der Waals surface area contributed by atoms with E-state index < -0.39 is 27.5 Å². The van der Waals surface area contributed by atoms with Gasteiger partial charge in [-0.15, -0.1) is 23.2 Å². The normalized spacial score (nSPS) is 17.3. The summed E-state index contributed by atoms with van der Waals surface area (Å²) in [5.41, 5.74) is 3.14. The molecule has 0 saturated carbocycles. The minimum absolute atomic E-state index is 0.0155. The molecule has 8 rings (SSSR count). The van der Waals surface area contributed by atoms with E-state index in [1.807, 2.05) is 0 Å². The number of hydrogen-bond acceptors (Lipinski definition) is 10. The van der Waals surface area contributed by atoms with Gasteiger partial charge >= 0.3 is 15.6 Å². The first kappa shape index (κ1) is 47.7. The summed E-state index contributed by atoms with van der Waals surface area (Å²) in [5, 5.41) is 1.99. The molecule has 5 aromatic carbocycles. The van der Waals surface area contributed by atoms with Crippen LogP contribution in [-0.4, -0.2) is 99.3 Å². The first-order chi connectivity index (χ1) is 32.0. The topological polar surface area (TPSA) is 230 Å². The van der Waals surface area contributed by atoms with Crippen LogP contribution in [0.5, 0.6) is 17.2 Å². The van der Waals surface area contributed by atoms with Crippen molar-refractivity contribution in [3.05, 3.63) is 113 Å². The maximum atomic E-state index is 14.0. The van der Waals surface area contributed by atoms with Gasteiger partial charge in [-0.05, 0) is 46.4 Å². The maximum absolute atomic E-state index is 14.0. The van der Waals surface area contributed by atoms with Crippen molar-refractivity contribution < 1.29 is 66.4 Å². The standard InChI is InChI=1S/C46H41Cl2N3O14P2/c47-24-30-26-50(36-22-39(64-66(56,57)58)32-5-1-3-7-34(32)45(30)36)43(54)13-10-28-9-11-29(38(21-28)63-20-19-62-18-17-49-41(52)15-16-42(49)53)12-14-44(55)51-27-31(25-48)46-35-8-4-2-6-33(35)40(23-37(46)51)65-67(59,60)61/h2,4-14,21-23,30-31H,15-20,24-27H2,(H2,56,57,58)(H2,59,60,61)/b13-10+,14-12+/t30-,31-/m1/s1. The molecule has 5 aromatic rings. The average molecular weight is 993 g/mol. The number of benzene rings is 4. The highest BCUT2D eigenvalue weighted by Gasteiger charge is 2.37. The number of carbonyl (C=O) groups is 4. The summed E-state index contributed by atoms with van der Waals surface area (Å²) in [6.07, 6.45) is 6.07. The number of anilines is 2. The fourth-order valence-electron chi connectivity index (χ4n) is 8.55. The number of carbonyl (C=O) groups excluding carboxylic acids is 4. The Hall–Kier alpha value is -5.76. The molecule has 17 nitrogen and oxygen atoms in total. The summed E-state index contributed by atoms with van der Waals surface area (Å²) in [6, 6.07) is 23.4. The van der Waals surface area contributed by atoms with Crippen molar-refractivity contribution in [2.24, 2.45) is 0 Å². The third kappa shape index (κ3) is 10.5. The molecule has 1 fully saturated rings. The van der Waals surface area contributed by atoms with Crippen LogP contribution in [0.2, 0.25) is 0 Å². The minimum Gasteiger partial charge on any atom is -0.491 e. The van der Waals surface area contributed by atoms with Crippen LogP contribution in [0.15, 0.2) is 78.9 Å². The SMILES string of the molecule is O=C1CCC(=O)N1CCOCCOc1cc(/C=C/C(=O)N2C[C@@H](CCl)c3c2cc(OP(=O)(O)O)c2cc#ccc32)ccc1/C=C/C(=O)N1C[C@@H](CCl)c2c1cc(OP(=O)(O)O)c1ccccc21. The van der Waals surface area contributed by atoms with Gasteiger partial charge in [-0.1, -0.05) is 48.5 Å². The summed E-state index contributed by atoms with van der Waals surface area (Å²) in [6.45, 7) is 0.629. The Morgan fingerprint density at radius 1 is 0.687 bits per heavy atom. The van der Waals surface area contributed by atoms with Crippen molar-refractivity contribution in [2.75, 3.05) is 61.0 Å². The second-order valence-corrected chi connectivity index (χ2v) is 18.6. The Morgan fingerprint density at radius 3 is 1.84 bits per heavy atom. The first-order valence-corrected chi connectivity index (χ1v) is 24.9. The van der Waals surface area contributed by atoms with E-state index in [-0.39, 0.29) is 99.2 Å². The van der Waals surface area contributed by atoms with Gasteiger partial charge in [0.05, 0.1) is 31.1 Å². The lowest BCUT2D eigenvalue weighted by Gasteiger charge is -2.18.